The fourth-order valence-corrected chi connectivity index (χ4v) is 3.34. The molecule has 0 spiro atoms. The standard InChI is InChI=1S/C18H22/c1-14-5-2-3-8-18(14)17-12-11-15-6-4-7-16(13-17)10-9-15/h2-5,7-8,12,15-16H,6,9-11,13H2,1H3/b17-12+/t15-,16+/m1/s1. The highest BCUT2D eigenvalue weighted by Crippen LogP contribution is 2.36. The number of hydrogen-bond acceptors (Lipinski definition) is 0. The van der Waals surface area contributed by atoms with Crippen molar-refractivity contribution in [3.8, 4) is 0 Å². The molecule has 0 amide bonds. The highest BCUT2D eigenvalue weighted by molar-refractivity contribution is 5.68. The van der Waals surface area contributed by atoms with E-state index in [2.05, 4.69) is 49.4 Å². The number of rotatable bonds is 1. The third-order valence-electron chi connectivity index (χ3n) is 4.49. The molecule has 0 unspecified atom stereocenters. The van der Waals surface area contributed by atoms with E-state index in [1.165, 1.54) is 43.2 Å². The Morgan fingerprint density at radius 3 is 2.83 bits per heavy atom. The molecule has 0 saturated carbocycles. The van der Waals surface area contributed by atoms with E-state index in [9.17, 15) is 0 Å². The van der Waals surface area contributed by atoms with Gasteiger partial charge >= 0.3 is 0 Å². The highest BCUT2D eigenvalue weighted by atomic mass is 14.2. The van der Waals surface area contributed by atoms with Crippen molar-refractivity contribution in [3.05, 3.63) is 53.6 Å². The van der Waals surface area contributed by atoms with Crippen LogP contribution in [0.15, 0.2) is 42.5 Å². The van der Waals surface area contributed by atoms with E-state index in [-0.39, 0.29) is 0 Å². The summed E-state index contributed by atoms with van der Waals surface area (Å²) >= 11 is 0. The summed E-state index contributed by atoms with van der Waals surface area (Å²) in [4.78, 5) is 0. The molecule has 1 aromatic carbocycles. The zero-order chi connectivity index (χ0) is 12.4. The Morgan fingerprint density at radius 1 is 1.06 bits per heavy atom. The first kappa shape index (κ1) is 11.8. The summed E-state index contributed by atoms with van der Waals surface area (Å²) in [5.41, 5.74) is 4.47. The first-order valence-electron chi connectivity index (χ1n) is 7.24. The normalized spacial score (nSPS) is 30.2. The second kappa shape index (κ2) is 5.14. The Morgan fingerprint density at radius 2 is 1.94 bits per heavy atom. The molecule has 3 rings (SSSR count). The van der Waals surface area contributed by atoms with Gasteiger partial charge in [0.15, 0.2) is 0 Å². The quantitative estimate of drug-likeness (QED) is 0.594. The van der Waals surface area contributed by atoms with Crippen molar-refractivity contribution in [2.45, 2.75) is 39.0 Å². The minimum Gasteiger partial charge on any atom is -0.0880 e. The molecule has 2 aliphatic carbocycles. The zero-order valence-electron chi connectivity index (χ0n) is 11.2. The van der Waals surface area contributed by atoms with E-state index in [0.717, 1.165) is 11.8 Å². The molecule has 0 nitrogen and oxygen atoms in total. The SMILES string of the molecule is Cc1ccccc1/C1=C/C[C@@H]2CC=C[C@@H](CC2)C1. The summed E-state index contributed by atoms with van der Waals surface area (Å²) in [6.07, 6.45) is 14.0. The Kier molecular flexibility index (Phi) is 3.36. The molecule has 0 N–H and O–H groups in total. The third-order valence-corrected chi connectivity index (χ3v) is 4.49. The van der Waals surface area contributed by atoms with Crippen LogP contribution in [0.25, 0.3) is 5.57 Å². The van der Waals surface area contributed by atoms with Gasteiger partial charge in [0.2, 0.25) is 0 Å². The van der Waals surface area contributed by atoms with Gasteiger partial charge in [0, 0.05) is 0 Å². The summed E-state index contributed by atoms with van der Waals surface area (Å²) in [5, 5.41) is 0. The molecular weight excluding hydrogens is 216 g/mol. The number of benzene rings is 1. The van der Waals surface area contributed by atoms with Crippen molar-refractivity contribution >= 4 is 5.57 Å². The lowest BCUT2D eigenvalue weighted by atomic mass is 9.84. The summed E-state index contributed by atoms with van der Waals surface area (Å²) in [6, 6.07) is 8.83. The molecule has 2 aliphatic rings. The summed E-state index contributed by atoms with van der Waals surface area (Å²) < 4.78 is 0. The van der Waals surface area contributed by atoms with Gasteiger partial charge in [-0.3, -0.25) is 0 Å². The minimum atomic E-state index is 0.765. The predicted octanol–water partition coefficient (Wildman–Crippen LogP) is 5.14. The van der Waals surface area contributed by atoms with Gasteiger partial charge in [-0.2, -0.15) is 0 Å². The molecule has 18 heavy (non-hydrogen) atoms. The van der Waals surface area contributed by atoms with Gasteiger partial charge < -0.3 is 0 Å². The summed E-state index contributed by atoms with van der Waals surface area (Å²) in [7, 11) is 0. The van der Waals surface area contributed by atoms with Crippen molar-refractivity contribution in [1.29, 1.82) is 0 Å². The zero-order valence-corrected chi connectivity index (χ0v) is 11.2. The maximum Gasteiger partial charge on any atom is -0.0193 e. The van der Waals surface area contributed by atoms with Crippen LogP contribution in [0.5, 0.6) is 0 Å². The lowest BCUT2D eigenvalue weighted by Gasteiger charge is -2.21. The van der Waals surface area contributed by atoms with Crippen LogP contribution in [0.4, 0.5) is 0 Å². The van der Waals surface area contributed by atoms with E-state index in [0.29, 0.717) is 0 Å². The minimum absolute atomic E-state index is 0.765. The average Bonchev–Trinajstić information content (AvgIpc) is 2.52. The maximum absolute atomic E-state index is 2.52. The number of fused-ring (bicyclic) bond motifs is 3. The van der Waals surface area contributed by atoms with Crippen molar-refractivity contribution in [1.82, 2.24) is 0 Å². The Hall–Kier alpha value is -1.30. The van der Waals surface area contributed by atoms with Crippen LogP contribution in [0.1, 0.15) is 43.2 Å². The van der Waals surface area contributed by atoms with Gasteiger partial charge in [-0.05, 0) is 67.6 Å². The van der Waals surface area contributed by atoms with Crippen LogP contribution in [-0.2, 0) is 0 Å². The molecule has 0 heterocycles. The van der Waals surface area contributed by atoms with Crippen LogP contribution in [-0.4, -0.2) is 0 Å². The molecular formula is C18H22. The monoisotopic (exact) mass is 238 g/mol. The molecule has 1 aromatic rings. The number of hydrogen-bond donors (Lipinski definition) is 0. The summed E-state index contributed by atoms with van der Waals surface area (Å²) in [5.74, 6) is 1.65. The third kappa shape index (κ3) is 2.43. The Bertz CT molecular complexity index is 479. The van der Waals surface area contributed by atoms with Crippen molar-refractivity contribution in [2.24, 2.45) is 11.8 Å². The van der Waals surface area contributed by atoms with E-state index >= 15 is 0 Å². The first-order chi connectivity index (χ1) is 8.83. The fraction of sp³-hybridized carbons (Fsp3) is 0.444. The van der Waals surface area contributed by atoms with Gasteiger partial charge in [0.05, 0.1) is 0 Å². The predicted molar refractivity (Wildman–Crippen MR) is 78.4 cm³/mol. The van der Waals surface area contributed by atoms with Gasteiger partial charge in [-0.15, -0.1) is 0 Å². The van der Waals surface area contributed by atoms with Gasteiger partial charge in [-0.25, -0.2) is 0 Å². The molecule has 0 aromatic heterocycles. The molecule has 0 radical (unpaired) electrons. The summed E-state index contributed by atoms with van der Waals surface area (Å²) in [6.45, 7) is 2.23. The van der Waals surface area contributed by atoms with Crippen LogP contribution >= 0.6 is 0 Å². The van der Waals surface area contributed by atoms with Crippen molar-refractivity contribution < 1.29 is 0 Å². The van der Waals surface area contributed by atoms with Crippen LogP contribution in [0, 0.1) is 18.8 Å². The molecule has 0 heteroatoms. The van der Waals surface area contributed by atoms with Gasteiger partial charge in [0.25, 0.3) is 0 Å². The number of allylic oxidation sites excluding steroid dienone is 4. The van der Waals surface area contributed by atoms with Crippen molar-refractivity contribution in [2.75, 3.05) is 0 Å². The lowest BCUT2D eigenvalue weighted by Crippen LogP contribution is -2.05. The second-order valence-corrected chi connectivity index (χ2v) is 5.85. The fourth-order valence-electron chi connectivity index (χ4n) is 3.34. The van der Waals surface area contributed by atoms with E-state index < -0.39 is 0 Å². The topological polar surface area (TPSA) is 0 Å². The van der Waals surface area contributed by atoms with Crippen LogP contribution < -0.4 is 0 Å². The molecule has 0 aliphatic heterocycles. The Balaban J connectivity index is 1.94. The molecule has 2 bridgehead atoms. The maximum atomic E-state index is 2.52. The molecule has 2 atom stereocenters. The highest BCUT2D eigenvalue weighted by Gasteiger charge is 2.19. The van der Waals surface area contributed by atoms with Crippen LogP contribution in [0.2, 0.25) is 0 Å². The lowest BCUT2D eigenvalue weighted by molar-refractivity contribution is 0.445. The Labute approximate surface area is 110 Å². The molecule has 0 fully saturated rings. The average molecular weight is 238 g/mol. The molecule has 94 valence electrons. The number of aryl methyl sites for hydroxylation is 1. The first-order valence-corrected chi connectivity index (χ1v) is 7.24. The van der Waals surface area contributed by atoms with Crippen molar-refractivity contribution in [3.63, 3.8) is 0 Å². The van der Waals surface area contributed by atoms with Gasteiger partial charge in [0.1, 0.15) is 0 Å². The second-order valence-electron chi connectivity index (χ2n) is 5.85. The van der Waals surface area contributed by atoms with E-state index in [4.69, 9.17) is 0 Å². The largest absolute Gasteiger partial charge is 0.0880 e. The van der Waals surface area contributed by atoms with E-state index in [1.54, 1.807) is 5.57 Å². The van der Waals surface area contributed by atoms with E-state index in [1.807, 2.05) is 0 Å². The molecule has 0 saturated heterocycles. The van der Waals surface area contributed by atoms with Crippen LogP contribution in [0.3, 0.4) is 0 Å². The van der Waals surface area contributed by atoms with Gasteiger partial charge in [-0.1, -0.05) is 42.5 Å². The smallest absolute Gasteiger partial charge is 0.0193 e.